The van der Waals surface area contributed by atoms with Crippen LogP contribution >= 0.6 is 0 Å². The predicted octanol–water partition coefficient (Wildman–Crippen LogP) is 5.67. The quantitative estimate of drug-likeness (QED) is 0.426. The second kappa shape index (κ2) is 11.0. The molecule has 32 heavy (non-hydrogen) atoms. The fourth-order valence-corrected chi connectivity index (χ4v) is 5.25. The van der Waals surface area contributed by atoms with Crippen LogP contribution in [0.2, 0.25) is 18.1 Å². The number of ether oxygens (including phenoxy) is 3. The first-order valence-corrected chi connectivity index (χ1v) is 14.6. The number of rotatable bonds is 11. The molecular weight excluding hydrogens is 422 g/mol. The van der Waals surface area contributed by atoms with E-state index in [-0.39, 0.29) is 35.7 Å². The van der Waals surface area contributed by atoms with Crippen LogP contribution in [0.15, 0.2) is 12.1 Å². The zero-order valence-electron chi connectivity index (χ0n) is 21.2. The van der Waals surface area contributed by atoms with E-state index in [1.54, 1.807) is 14.2 Å². The molecule has 1 amide bonds. The molecule has 2 N–H and O–H groups in total. The van der Waals surface area contributed by atoms with Crippen LogP contribution in [0.25, 0.3) is 0 Å². The zero-order valence-corrected chi connectivity index (χ0v) is 22.2. The van der Waals surface area contributed by atoms with Gasteiger partial charge in [0.2, 0.25) is 5.91 Å². The normalized spacial score (nSPS) is 17.2. The first-order valence-electron chi connectivity index (χ1n) is 11.7. The molecule has 1 aromatic carbocycles. The Balaban J connectivity index is 2.54. The molecule has 2 atom stereocenters. The molecule has 1 aliphatic rings. The third kappa shape index (κ3) is 6.72. The molecule has 0 aliphatic heterocycles. The Kier molecular flexibility index (Phi) is 9.20. The number of benzene rings is 1. The van der Waals surface area contributed by atoms with Gasteiger partial charge in [-0.1, -0.05) is 33.6 Å². The van der Waals surface area contributed by atoms with Crippen LogP contribution in [0.3, 0.4) is 0 Å². The van der Waals surface area contributed by atoms with Crippen molar-refractivity contribution in [3.63, 3.8) is 0 Å². The van der Waals surface area contributed by atoms with Crippen molar-refractivity contribution in [2.45, 2.75) is 103 Å². The SMILES string of the molecule is COc1cc([C@@H](O[Si](C)(C)C(C)(C)C)[C@H](CCC(N)=O)OC2CCCC2)cc(OC)c1C. The average molecular weight is 466 g/mol. The lowest BCUT2D eigenvalue weighted by molar-refractivity contribution is -0.120. The molecule has 1 aromatic rings. The monoisotopic (exact) mass is 465 g/mol. The van der Waals surface area contributed by atoms with E-state index in [0.29, 0.717) is 6.42 Å². The number of amides is 1. The van der Waals surface area contributed by atoms with Gasteiger partial charge in [0, 0.05) is 12.0 Å². The van der Waals surface area contributed by atoms with Gasteiger partial charge in [-0.15, -0.1) is 0 Å². The first-order chi connectivity index (χ1) is 14.9. The molecule has 0 aromatic heterocycles. The van der Waals surface area contributed by atoms with Crippen molar-refractivity contribution in [3.05, 3.63) is 23.3 Å². The first kappa shape index (κ1) is 26.7. The van der Waals surface area contributed by atoms with Crippen molar-refractivity contribution >= 4 is 14.2 Å². The number of methoxy groups -OCH3 is 2. The van der Waals surface area contributed by atoms with Crippen LogP contribution in [0, 0.1) is 6.92 Å². The van der Waals surface area contributed by atoms with E-state index in [1.807, 2.05) is 19.1 Å². The van der Waals surface area contributed by atoms with Crippen LogP contribution in [0.4, 0.5) is 0 Å². The van der Waals surface area contributed by atoms with E-state index < -0.39 is 8.32 Å². The van der Waals surface area contributed by atoms with Gasteiger partial charge in [-0.3, -0.25) is 4.79 Å². The molecule has 182 valence electrons. The average Bonchev–Trinajstić information content (AvgIpc) is 3.22. The Morgan fingerprint density at radius 2 is 1.66 bits per heavy atom. The number of primary amides is 1. The minimum absolute atomic E-state index is 0.0196. The van der Waals surface area contributed by atoms with Gasteiger partial charge in [-0.2, -0.15) is 0 Å². The number of carbonyl (C=O) groups is 1. The number of carbonyl (C=O) groups excluding carboxylic acids is 1. The second-order valence-corrected chi connectivity index (χ2v) is 15.2. The molecule has 2 rings (SSSR count). The van der Waals surface area contributed by atoms with Crippen LogP contribution in [0.1, 0.15) is 76.5 Å². The van der Waals surface area contributed by atoms with Gasteiger partial charge in [0.15, 0.2) is 8.32 Å². The number of hydrogen-bond acceptors (Lipinski definition) is 5. The smallest absolute Gasteiger partial charge is 0.217 e. The summed E-state index contributed by atoms with van der Waals surface area (Å²) in [6.45, 7) is 13.1. The maximum Gasteiger partial charge on any atom is 0.217 e. The molecule has 0 radical (unpaired) electrons. The molecule has 7 heteroatoms. The van der Waals surface area contributed by atoms with E-state index in [9.17, 15) is 4.79 Å². The Morgan fingerprint density at radius 3 is 2.09 bits per heavy atom. The van der Waals surface area contributed by atoms with E-state index >= 15 is 0 Å². The van der Waals surface area contributed by atoms with Crippen LogP contribution < -0.4 is 15.2 Å². The van der Waals surface area contributed by atoms with Crippen LogP contribution in [-0.2, 0) is 14.0 Å². The minimum Gasteiger partial charge on any atom is -0.496 e. The van der Waals surface area contributed by atoms with Gasteiger partial charge in [-0.05, 0) is 62.0 Å². The van der Waals surface area contributed by atoms with Gasteiger partial charge >= 0.3 is 0 Å². The largest absolute Gasteiger partial charge is 0.496 e. The number of nitrogens with two attached hydrogens (primary N) is 1. The van der Waals surface area contributed by atoms with Crippen molar-refractivity contribution in [2.24, 2.45) is 5.73 Å². The number of hydrogen-bond donors (Lipinski definition) is 1. The summed E-state index contributed by atoms with van der Waals surface area (Å²) in [6.07, 6.45) is 4.77. The van der Waals surface area contributed by atoms with Crippen molar-refractivity contribution in [1.29, 1.82) is 0 Å². The molecule has 0 spiro atoms. The molecule has 0 heterocycles. The standard InChI is InChI=1S/C25H43NO5Si/c1-17-21(28-5)15-18(16-22(17)29-6)24(31-32(7,8)25(2,3)4)20(13-14-23(26)27)30-19-11-9-10-12-19/h15-16,19-20,24H,9-14H2,1-8H3,(H2,26,27)/t20-,24+/m0/s1. The lowest BCUT2D eigenvalue weighted by atomic mass is 9.98. The molecule has 1 saturated carbocycles. The summed E-state index contributed by atoms with van der Waals surface area (Å²) < 4.78 is 24.9. The molecule has 6 nitrogen and oxygen atoms in total. The van der Waals surface area contributed by atoms with E-state index in [0.717, 1.165) is 35.5 Å². The van der Waals surface area contributed by atoms with Gasteiger partial charge in [0.25, 0.3) is 0 Å². The molecular formula is C25H43NO5Si. The Bertz CT molecular complexity index is 743. The Labute approximate surface area is 195 Å². The van der Waals surface area contributed by atoms with Gasteiger partial charge < -0.3 is 24.4 Å². The zero-order chi connectivity index (χ0) is 24.1. The second-order valence-electron chi connectivity index (χ2n) is 10.4. The predicted molar refractivity (Wildman–Crippen MR) is 131 cm³/mol. The van der Waals surface area contributed by atoms with Crippen molar-refractivity contribution in [2.75, 3.05) is 14.2 Å². The Morgan fingerprint density at radius 1 is 1.12 bits per heavy atom. The minimum atomic E-state index is -2.17. The van der Waals surface area contributed by atoms with Crippen LogP contribution in [-0.4, -0.2) is 40.7 Å². The van der Waals surface area contributed by atoms with Crippen LogP contribution in [0.5, 0.6) is 11.5 Å². The summed E-state index contributed by atoms with van der Waals surface area (Å²) in [5, 5.41) is 0.0196. The molecule has 1 fully saturated rings. The topological polar surface area (TPSA) is 80.0 Å². The summed E-state index contributed by atoms with van der Waals surface area (Å²) in [7, 11) is 1.15. The molecule has 0 unspecified atom stereocenters. The maximum atomic E-state index is 11.7. The molecule has 0 bridgehead atoms. The third-order valence-electron chi connectivity index (χ3n) is 7.01. The van der Waals surface area contributed by atoms with Gasteiger partial charge in [-0.25, -0.2) is 0 Å². The molecule has 1 aliphatic carbocycles. The Hall–Kier alpha value is -1.57. The van der Waals surface area contributed by atoms with Crippen molar-refractivity contribution in [1.82, 2.24) is 0 Å². The highest BCUT2D eigenvalue weighted by Gasteiger charge is 2.42. The third-order valence-corrected chi connectivity index (χ3v) is 11.5. The summed E-state index contributed by atoms with van der Waals surface area (Å²) >= 11 is 0. The van der Waals surface area contributed by atoms with Crippen molar-refractivity contribution in [3.8, 4) is 11.5 Å². The highest BCUT2D eigenvalue weighted by Crippen LogP contribution is 2.44. The molecule has 0 saturated heterocycles. The van der Waals surface area contributed by atoms with E-state index in [2.05, 4.69) is 33.9 Å². The summed E-state index contributed by atoms with van der Waals surface area (Å²) in [6, 6.07) is 4.04. The van der Waals surface area contributed by atoms with E-state index in [1.165, 1.54) is 12.8 Å². The van der Waals surface area contributed by atoms with Crippen molar-refractivity contribution < 1.29 is 23.4 Å². The lowest BCUT2D eigenvalue weighted by Gasteiger charge is -2.42. The van der Waals surface area contributed by atoms with E-state index in [4.69, 9.17) is 24.4 Å². The fourth-order valence-electron chi connectivity index (χ4n) is 3.97. The highest BCUT2D eigenvalue weighted by molar-refractivity contribution is 6.74. The summed E-state index contributed by atoms with van der Waals surface area (Å²) in [4.78, 5) is 11.7. The maximum absolute atomic E-state index is 11.7. The lowest BCUT2D eigenvalue weighted by Crippen LogP contribution is -2.45. The summed E-state index contributed by atoms with van der Waals surface area (Å²) in [5.41, 5.74) is 7.41. The summed E-state index contributed by atoms with van der Waals surface area (Å²) in [5.74, 6) is 1.17. The van der Waals surface area contributed by atoms with Gasteiger partial charge in [0.05, 0.1) is 32.5 Å². The van der Waals surface area contributed by atoms with Gasteiger partial charge in [0.1, 0.15) is 11.5 Å². The highest BCUT2D eigenvalue weighted by atomic mass is 28.4. The fraction of sp³-hybridized carbons (Fsp3) is 0.720.